The fourth-order valence-electron chi connectivity index (χ4n) is 3.58. The van der Waals surface area contributed by atoms with E-state index in [1.165, 1.54) is 6.07 Å². The van der Waals surface area contributed by atoms with Crippen molar-refractivity contribution >= 4 is 5.91 Å². The zero-order chi connectivity index (χ0) is 17.2. The molecule has 2 aromatic rings. The maximum absolute atomic E-state index is 14.1. The molecule has 0 saturated carbocycles. The number of piperidine rings is 1. The number of hydrogen-bond acceptors (Lipinski definition) is 3. The van der Waals surface area contributed by atoms with E-state index in [2.05, 4.69) is 0 Å². The summed E-state index contributed by atoms with van der Waals surface area (Å²) in [6.07, 6.45) is 1.10. The number of amides is 1. The van der Waals surface area contributed by atoms with Crippen LogP contribution in [-0.2, 0) is 4.79 Å². The van der Waals surface area contributed by atoms with Crippen molar-refractivity contribution in [2.45, 2.75) is 24.9 Å². The third-order valence-electron chi connectivity index (χ3n) is 4.86. The zero-order valence-electron chi connectivity index (χ0n) is 13.9. The summed E-state index contributed by atoms with van der Waals surface area (Å²) in [4.78, 5) is 14.6. The largest absolute Gasteiger partial charge is 0.485 e. The van der Waals surface area contributed by atoms with Gasteiger partial charge >= 0.3 is 0 Å². The van der Waals surface area contributed by atoms with Gasteiger partial charge in [0.25, 0.3) is 5.91 Å². The number of benzene rings is 2. The van der Waals surface area contributed by atoms with Gasteiger partial charge in [-0.25, -0.2) is 4.39 Å². The van der Waals surface area contributed by atoms with Crippen LogP contribution in [0.2, 0.25) is 0 Å². The van der Waals surface area contributed by atoms with Gasteiger partial charge in [-0.3, -0.25) is 4.79 Å². The first-order valence-electron chi connectivity index (χ1n) is 8.64. The predicted molar refractivity (Wildman–Crippen MR) is 91.3 cm³/mol. The van der Waals surface area contributed by atoms with Crippen molar-refractivity contribution in [3.63, 3.8) is 0 Å². The lowest BCUT2D eigenvalue weighted by Crippen LogP contribution is -2.49. The van der Waals surface area contributed by atoms with E-state index < -0.39 is 6.10 Å². The van der Waals surface area contributed by atoms with E-state index in [-0.39, 0.29) is 24.2 Å². The van der Waals surface area contributed by atoms with Crippen LogP contribution in [0, 0.1) is 5.82 Å². The molecule has 0 N–H and O–H groups in total. The molecule has 130 valence electrons. The molecule has 0 bridgehead atoms. The summed E-state index contributed by atoms with van der Waals surface area (Å²) in [5.74, 6) is 0.989. The molecule has 1 amide bonds. The van der Waals surface area contributed by atoms with E-state index in [9.17, 15) is 9.18 Å². The van der Waals surface area contributed by atoms with Gasteiger partial charge in [0.05, 0.1) is 0 Å². The molecule has 25 heavy (non-hydrogen) atoms. The summed E-state index contributed by atoms with van der Waals surface area (Å²) in [7, 11) is 0. The Balaban J connectivity index is 1.47. The highest BCUT2D eigenvalue weighted by Gasteiger charge is 2.34. The minimum atomic E-state index is -0.644. The van der Waals surface area contributed by atoms with Crippen molar-refractivity contribution in [1.29, 1.82) is 0 Å². The molecule has 0 spiro atoms. The van der Waals surface area contributed by atoms with Crippen molar-refractivity contribution < 1.29 is 18.7 Å². The van der Waals surface area contributed by atoms with E-state index in [0.29, 0.717) is 30.2 Å². The number of carbonyl (C=O) groups excluding carboxylic acids is 1. The highest BCUT2D eigenvalue weighted by Crippen LogP contribution is 2.33. The first-order chi connectivity index (χ1) is 12.2. The number of ether oxygens (including phenoxy) is 2. The molecular formula is C20H20FNO3. The van der Waals surface area contributed by atoms with Gasteiger partial charge in [0.2, 0.25) is 6.10 Å². The van der Waals surface area contributed by atoms with E-state index in [0.717, 1.165) is 12.8 Å². The van der Waals surface area contributed by atoms with E-state index in [4.69, 9.17) is 9.47 Å². The maximum atomic E-state index is 14.1. The Morgan fingerprint density at radius 1 is 1.08 bits per heavy atom. The molecular weight excluding hydrogens is 321 g/mol. The Morgan fingerprint density at radius 3 is 2.68 bits per heavy atom. The van der Waals surface area contributed by atoms with Crippen LogP contribution in [0.15, 0.2) is 48.5 Å². The van der Waals surface area contributed by atoms with Crippen LogP contribution in [-0.4, -0.2) is 36.6 Å². The fourth-order valence-corrected chi connectivity index (χ4v) is 3.58. The fraction of sp³-hybridized carbons (Fsp3) is 0.350. The van der Waals surface area contributed by atoms with Crippen LogP contribution < -0.4 is 9.47 Å². The number of halogens is 1. The Morgan fingerprint density at radius 2 is 1.84 bits per heavy atom. The Kier molecular flexibility index (Phi) is 4.30. The lowest BCUT2D eigenvalue weighted by Gasteiger charge is -2.36. The normalized spacial score (nSPS) is 22.5. The highest BCUT2D eigenvalue weighted by atomic mass is 19.1. The van der Waals surface area contributed by atoms with Crippen molar-refractivity contribution in [3.8, 4) is 11.5 Å². The second-order valence-corrected chi connectivity index (χ2v) is 6.51. The molecule has 5 heteroatoms. The number of carbonyl (C=O) groups is 1. The van der Waals surface area contributed by atoms with Crippen LogP contribution in [0.3, 0.4) is 0 Å². The molecule has 2 aliphatic heterocycles. The van der Waals surface area contributed by atoms with Crippen LogP contribution in [0.25, 0.3) is 0 Å². The summed E-state index contributed by atoms with van der Waals surface area (Å²) in [5, 5.41) is 0. The summed E-state index contributed by atoms with van der Waals surface area (Å²) in [5.41, 5.74) is 0.686. The Labute approximate surface area is 146 Å². The zero-order valence-corrected chi connectivity index (χ0v) is 13.9. The van der Waals surface area contributed by atoms with Crippen LogP contribution >= 0.6 is 0 Å². The first-order valence-corrected chi connectivity index (χ1v) is 8.64. The predicted octanol–water partition coefficient (Wildman–Crippen LogP) is 3.37. The number of likely N-dealkylation sites (tertiary alicyclic amines) is 1. The Hall–Kier alpha value is -2.56. The van der Waals surface area contributed by atoms with Gasteiger partial charge in [0.1, 0.15) is 12.4 Å². The molecule has 2 heterocycles. The average molecular weight is 341 g/mol. The van der Waals surface area contributed by atoms with Crippen LogP contribution in [0.4, 0.5) is 4.39 Å². The minimum absolute atomic E-state index is 0.0238. The van der Waals surface area contributed by atoms with E-state index in [1.807, 2.05) is 30.3 Å². The molecule has 2 aromatic carbocycles. The molecule has 0 radical (unpaired) electrons. The molecule has 0 aromatic heterocycles. The number of fused-ring (bicyclic) bond motifs is 1. The van der Waals surface area contributed by atoms with Gasteiger partial charge in [-0.05, 0) is 36.6 Å². The van der Waals surface area contributed by atoms with Gasteiger partial charge in [-0.1, -0.05) is 30.3 Å². The van der Waals surface area contributed by atoms with Crippen LogP contribution in [0.1, 0.15) is 24.3 Å². The van der Waals surface area contributed by atoms with Gasteiger partial charge in [0.15, 0.2) is 11.5 Å². The third kappa shape index (κ3) is 3.18. The molecule has 1 fully saturated rings. The molecule has 2 atom stereocenters. The molecule has 4 rings (SSSR count). The smallest absolute Gasteiger partial charge is 0.267 e. The maximum Gasteiger partial charge on any atom is 0.267 e. The number of rotatable bonds is 2. The lowest BCUT2D eigenvalue weighted by atomic mass is 9.90. The third-order valence-corrected chi connectivity index (χ3v) is 4.86. The second-order valence-electron chi connectivity index (χ2n) is 6.51. The molecule has 0 unspecified atom stereocenters. The van der Waals surface area contributed by atoms with Gasteiger partial charge in [-0.2, -0.15) is 0 Å². The van der Waals surface area contributed by atoms with E-state index >= 15 is 0 Å². The van der Waals surface area contributed by atoms with E-state index in [1.54, 1.807) is 17.0 Å². The molecule has 2 aliphatic rings. The number of nitrogens with zero attached hydrogens (tertiary/aromatic N) is 1. The Bertz CT molecular complexity index is 779. The van der Waals surface area contributed by atoms with Gasteiger partial charge in [-0.15, -0.1) is 0 Å². The molecule has 4 nitrogen and oxygen atoms in total. The summed E-state index contributed by atoms with van der Waals surface area (Å²) < 4.78 is 25.5. The average Bonchev–Trinajstić information content (AvgIpc) is 2.67. The SMILES string of the molecule is O=C([C@H]1COc2ccccc2O1)N1CCC[C@@H](c2ccccc2F)C1. The second kappa shape index (κ2) is 6.75. The molecule has 0 aliphatic carbocycles. The summed E-state index contributed by atoms with van der Waals surface area (Å²) in [6.45, 7) is 1.39. The van der Waals surface area contributed by atoms with Gasteiger partial charge in [0, 0.05) is 19.0 Å². The van der Waals surface area contributed by atoms with Crippen molar-refractivity contribution in [2.75, 3.05) is 19.7 Å². The van der Waals surface area contributed by atoms with Crippen molar-refractivity contribution in [1.82, 2.24) is 4.90 Å². The summed E-state index contributed by atoms with van der Waals surface area (Å²) in [6, 6.07) is 14.2. The van der Waals surface area contributed by atoms with Gasteiger partial charge < -0.3 is 14.4 Å². The monoisotopic (exact) mass is 341 g/mol. The number of para-hydroxylation sites is 2. The highest BCUT2D eigenvalue weighted by molar-refractivity contribution is 5.82. The molecule has 1 saturated heterocycles. The van der Waals surface area contributed by atoms with Crippen LogP contribution in [0.5, 0.6) is 11.5 Å². The van der Waals surface area contributed by atoms with Crippen molar-refractivity contribution in [3.05, 3.63) is 59.9 Å². The minimum Gasteiger partial charge on any atom is -0.485 e. The summed E-state index contributed by atoms with van der Waals surface area (Å²) >= 11 is 0. The van der Waals surface area contributed by atoms with Crippen molar-refractivity contribution in [2.24, 2.45) is 0 Å². The quantitative estimate of drug-likeness (QED) is 0.841. The first kappa shape index (κ1) is 15.9. The standard InChI is InChI=1S/C20H20FNO3/c21-16-8-2-1-7-15(16)14-6-5-11-22(12-14)20(23)19-13-24-17-9-3-4-10-18(17)25-19/h1-4,7-10,14,19H,5-6,11-13H2/t14-,19-/m1/s1. The lowest BCUT2D eigenvalue weighted by molar-refractivity contribution is -0.142. The topological polar surface area (TPSA) is 38.8 Å². The number of hydrogen-bond donors (Lipinski definition) is 0.